The zero-order chi connectivity index (χ0) is 13.5. The van der Waals surface area contributed by atoms with Gasteiger partial charge in [-0.25, -0.2) is 0 Å². The summed E-state index contributed by atoms with van der Waals surface area (Å²) in [6.07, 6.45) is 1.35. The predicted molar refractivity (Wildman–Crippen MR) is 81.3 cm³/mol. The lowest BCUT2D eigenvalue weighted by Crippen LogP contribution is -2.22. The molecule has 1 heterocycles. The Morgan fingerprint density at radius 3 is 2.95 bits per heavy atom. The smallest absolute Gasteiger partial charge is 0.161 e. The van der Waals surface area contributed by atoms with E-state index in [1.807, 2.05) is 13.0 Å². The molecule has 106 valence electrons. The Hall–Kier alpha value is -0.870. The molecule has 0 aromatic heterocycles. The maximum Gasteiger partial charge on any atom is 0.161 e. The van der Waals surface area contributed by atoms with Crippen molar-refractivity contribution < 1.29 is 9.47 Å². The summed E-state index contributed by atoms with van der Waals surface area (Å²) in [6, 6.07) is 6.15. The predicted octanol–water partition coefficient (Wildman–Crippen LogP) is 2.94. The summed E-state index contributed by atoms with van der Waals surface area (Å²) >= 11 is 2.07. The molecular weight excluding hydrogens is 258 g/mol. The van der Waals surface area contributed by atoms with Crippen molar-refractivity contribution in [2.45, 2.75) is 19.9 Å². The second kappa shape index (κ2) is 7.65. The number of benzene rings is 1. The fourth-order valence-corrected chi connectivity index (χ4v) is 3.55. The van der Waals surface area contributed by atoms with Gasteiger partial charge in [-0.05, 0) is 55.0 Å². The van der Waals surface area contributed by atoms with Gasteiger partial charge in [-0.3, -0.25) is 0 Å². The van der Waals surface area contributed by atoms with Gasteiger partial charge in [0.05, 0.1) is 13.7 Å². The molecule has 1 fully saturated rings. The molecule has 0 radical (unpaired) electrons. The van der Waals surface area contributed by atoms with Crippen molar-refractivity contribution in [1.82, 2.24) is 5.32 Å². The van der Waals surface area contributed by atoms with E-state index in [2.05, 4.69) is 29.2 Å². The molecule has 0 aliphatic carbocycles. The van der Waals surface area contributed by atoms with Gasteiger partial charge in [0.15, 0.2) is 11.5 Å². The zero-order valence-electron chi connectivity index (χ0n) is 11.8. The van der Waals surface area contributed by atoms with Crippen LogP contribution in [0.1, 0.15) is 18.9 Å². The van der Waals surface area contributed by atoms with E-state index in [1.165, 1.54) is 23.5 Å². The fraction of sp³-hybridized carbons (Fsp3) is 0.600. The lowest BCUT2D eigenvalue weighted by molar-refractivity contribution is 0.310. The van der Waals surface area contributed by atoms with Gasteiger partial charge in [0.2, 0.25) is 0 Å². The van der Waals surface area contributed by atoms with Crippen LogP contribution in [0.5, 0.6) is 11.5 Å². The van der Waals surface area contributed by atoms with Crippen molar-refractivity contribution in [2.24, 2.45) is 5.92 Å². The molecule has 1 N–H and O–H groups in total. The van der Waals surface area contributed by atoms with Crippen molar-refractivity contribution >= 4 is 11.8 Å². The fourth-order valence-electron chi connectivity index (χ4n) is 2.26. The molecular formula is C15H23NO2S. The Bertz CT molecular complexity index is 392. The summed E-state index contributed by atoms with van der Waals surface area (Å²) in [7, 11) is 1.69. The summed E-state index contributed by atoms with van der Waals surface area (Å²) in [4.78, 5) is 0. The van der Waals surface area contributed by atoms with Gasteiger partial charge in [0, 0.05) is 6.54 Å². The molecule has 0 spiro atoms. The van der Waals surface area contributed by atoms with Crippen molar-refractivity contribution in [3.8, 4) is 11.5 Å². The molecule has 1 saturated heterocycles. The van der Waals surface area contributed by atoms with E-state index in [4.69, 9.17) is 9.47 Å². The molecule has 1 atom stereocenters. The van der Waals surface area contributed by atoms with E-state index < -0.39 is 0 Å². The van der Waals surface area contributed by atoms with E-state index in [0.717, 1.165) is 30.5 Å². The van der Waals surface area contributed by atoms with Gasteiger partial charge in [-0.2, -0.15) is 11.8 Å². The van der Waals surface area contributed by atoms with Crippen molar-refractivity contribution in [3.05, 3.63) is 23.8 Å². The van der Waals surface area contributed by atoms with Crippen LogP contribution in [0.4, 0.5) is 0 Å². The number of hydrogen-bond acceptors (Lipinski definition) is 4. The van der Waals surface area contributed by atoms with E-state index >= 15 is 0 Å². The van der Waals surface area contributed by atoms with Gasteiger partial charge in [0.1, 0.15) is 0 Å². The van der Waals surface area contributed by atoms with E-state index in [1.54, 1.807) is 7.11 Å². The number of ether oxygens (including phenoxy) is 2. The SMILES string of the molecule is CCOc1ccc(CNCC2CCSC2)cc1OC. The number of nitrogens with one attached hydrogen (secondary N) is 1. The molecule has 4 heteroatoms. The highest BCUT2D eigenvalue weighted by atomic mass is 32.2. The highest BCUT2D eigenvalue weighted by Crippen LogP contribution is 2.28. The van der Waals surface area contributed by atoms with Crippen LogP contribution in [0.25, 0.3) is 0 Å². The molecule has 1 aromatic rings. The average Bonchev–Trinajstić information content (AvgIpc) is 2.94. The summed E-state index contributed by atoms with van der Waals surface area (Å²) < 4.78 is 10.9. The van der Waals surface area contributed by atoms with Crippen LogP contribution in [0.15, 0.2) is 18.2 Å². The van der Waals surface area contributed by atoms with Gasteiger partial charge in [0.25, 0.3) is 0 Å². The number of rotatable bonds is 7. The molecule has 0 amide bonds. The van der Waals surface area contributed by atoms with Crippen molar-refractivity contribution in [2.75, 3.05) is 31.8 Å². The summed E-state index contributed by atoms with van der Waals surface area (Å²) in [5.74, 6) is 5.11. The topological polar surface area (TPSA) is 30.5 Å². The lowest BCUT2D eigenvalue weighted by Gasteiger charge is -2.13. The first-order valence-electron chi connectivity index (χ1n) is 6.91. The maximum atomic E-state index is 5.52. The van der Waals surface area contributed by atoms with Crippen LogP contribution < -0.4 is 14.8 Å². The molecule has 2 rings (SSSR count). The van der Waals surface area contributed by atoms with Crippen LogP contribution in [0.2, 0.25) is 0 Å². The van der Waals surface area contributed by atoms with Crippen LogP contribution in [0, 0.1) is 5.92 Å². The van der Waals surface area contributed by atoms with Gasteiger partial charge in [-0.15, -0.1) is 0 Å². The first-order chi connectivity index (χ1) is 9.33. The van der Waals surface area contributed by atoms with Crippen LogP contribution >= 0.6 is 11.8 Å². The van der Waals surface area contributed by atoms with Crippen LogP contribution in [-0.2, 0) is 6.54 Å². The second-order valence-corrected chi connectivity index (χ2v) is 5.93. The molecule has 1 aliphatic rings. The van der Waals surface area contributed by atoms with Gasteiger partial charge >= 0.3 is 0 Å². The normalized spacial score (nSPS) is 18.5. The summed E-state index contributed by atoms with van der Waals surface area (Å²) in [5.41, 5.74) is 1.24. The highest BCUT2D eigenvalue weighted by Gasteiger charge is 2.14. The Kier molecular flexibility index (Phi) is 5.86. The van der Waals surface area contributed by atoms with E-state index in [9.17, 15) is 0 Å². The van der Waals surface area contributed by atoms with Gasteiger partial charge < -0.3 is 14.8 Å². The van der Waals surface area contributed by atoms with Gasteiger partial charge in [-0.1, -0.05) is 6.07 Å². The molecule has 1 aliphatic heterocycles. The van der Waals surface area contributed by atoms with Crippen LogP contribution in [-0.4, -0.2) is 31.8 Å². The number of hydrogen-bond donors (Lipinski definition) is 1. The van der Waals surface area contributed by atoms with E-state index in [-0.39, 0.29) is 0 Å². The minimum Gasteiger partial charge on any atom is -0.493 e. The number of methoxy groups -OCH3 is 1. The average molecular weight is 281 g/mol. The minimum atomic E-state index is 0.660. The van der Waals surface area contributed by atoms with E-state index in [0.29, 0.717) is 6.61 Å². The first-order valence-corrected chi connectivity index (χ1v) is 8.07. The summed E-state index contributed by atoms with van der Waals surface area (Å²) in [6.45, 7) is 4.65. The molecule has 3 nitrogen and oxygen atoms in total. The van der Waals surface area contributed by atoms with Crippen molar-refractivity contribution in [1.29, 1.82) is 0 Å². The third kappa shape index (κ3) is 4.32. The Labute approximate surface area is 120 Å². The minimum absolute atomic E-state index is 0.660. The lowest BCUT2D eigenvalue weighted by atomic mass is 10.1. The third-order valence-electron chi connectivity index (χ3n) is 3.31. The quantitative estimate of drug-likeness (QED) is 0.832. The van der Waals surface area contributed by atoms with Crippen LogP contribution in [0.3, 0.4) is 0 Å². The molecule has 0 bridgehead atoms. The maximum absolute atomic E-state index is 5.52. The largest absolute Gasteiger partial charge is 0.493 e. The molecule has 0 saturated carbocycles. The molecule has 19 heavy (non-hydrogen) atoms. The number of thioether (sulfide) groups is 1. The standard InChI is InChI=1S/C15H23NO2S/c1-3-18-14-5-4-12(8-15(14)17-2)9-16-10-13-6-7-19-11-13/h4-5,8,13,16H,3,6-7,9-11H2,1-2H3. The molecule has 1 unspecified atom stereocenters. The third-order valence-corrected chi connectivity index (χ3v) is 4.55. The Balaban J connectivity index is 1.85. The summed E-state index contributed by atoms with van der Waals surface area (Å²) in [5, 5.41) is 3.54. The highest BCUT2D eigenvalue weighted by molar-refractivity contribution is 7.99. The Morgan fingerprint density at radius 2 is 2.26 bits per heavy atom. The first kappa shape index (κ1) is 14.5. The zero-order valence-corrected chi connectivity index (χ0v) is 12.6. The Morgan fingerprint density at radius 1 is 1.37 bits per heavy atom. The monoisotopic (exact) mass is 281 g/mol. The molecule has 1 aromatic carbocycles. The van der Waals surface area contributed by atoms with Crippen molar-refractivity contribution in [3.63, 3.8) is 0 Å². The second-order valence-electron chi connectivity index (χ2n) is 4.78.